The molecule has 0 spiro atoms. The highest BCUT2D eigenvalue weighted by molar-refractivity contribution is 7.90. The van der Waals surface area contributed by atoms with Gasteiger partial charge in [0.1, 0.15) is 24.2 Å². The summed E-state index contributed by atoms with van der Waals surface area (Å²) in [7, 11) is -4.08. The highest BCUT2D eigenvalue weighted by Crippen LogP contribution is 2.36. The summed E-state index contributed by atoms with van der Waals surface area (Å²) < 4.78 is 44.3. The second-order valence-corrected chi connectivity index (χ2v) is 8.19. The van der Waals surface area contributed by atoms with Crippen LogP contribution in [0.5, 0.6) is 11.5 Å². The topological polar surface area (TPSA) is 90.9 Å². The normalized spacial score (nSPS) is 19.0. The van der Waals surface area contributed by atoms with E-state index < -0.39 is 22.0 Å². The Morgan fingerprint density at radius 1 is 1.23 bits per heavy atom. The minimum absolute atomic E-state index is 0.0170. The number of hydrogen-bond acceptors (Lipinski definition) is 6. The number of benzene rings is 1. The molecule has 144 valence electrons. The zero-order chi connectivity index (χ0) is 18.6. The molecule has 7 nitrogen and oxygen atoms in total. The van der Waals surface area contributed by atoms with Crippen LogP contribution in [0.1, 0.15) is 45.4 Å². The lowest BCUT2D eigenvalue weighted by Crippen LogP contribution is -2.41. The summed E-state index contributed by atoms with van der Waals surface area (Å²) in [6.07, 6.45) is 4.79. The van der Waals surface area contributed by atoms with Crippen LogP contribution in [0, 0.1) is 0 Å². The zero-order valence-electron chi connectivity index (χ0n) is 14.9. The van der Waals surface area contributed by atoms with E-state index in [-0.39, 0.29) is 23.4 Å². The van der Waals surface area contributed by atoms with Gasteiger partial charge in [0, 0.05) is 0 Å². The van der Waals surface area contributed by atoms with Crippen molar-refractivity contribution in [1.29, 1.82) is 0 Å². The number of hydrogen-bond donors (Lipinski definition) is 1. The van der Waals surface area contributed by atoms with Gasteiger partial charge >= 0.3 is 0 Å². The molecule has 1 heterocycles. The molecule has 1 amide bonds. The fourth-order valence-corrected chi connectivity index (χ4v) is 4.46. The molecule has 1 saturated carbocycles. The first kappa shape index (κ1) is 19.0. The first-order valence-corrected chi connectivity index (χ1v) is 10.6. The van der Waals surface area contributed by atoms with Gasteiger partial charge in [-0.1, -0.05) is 32.3 Å². The molecule has 1 atom stereocenters. The van der Waals surface area contributed by atoms with Gasteiger partial charge in [-0.15, -0.1) is 0 Å². The van der Waals surface area contributed by atoms with Gasteiger partial charge in [-0.2, -0.15) is 0 Å². The lowest BCUT2D eigenvalue weighted by molar-refractivity contribution is -0.136. The van der Waals surface area contributed by atoms with Gasteiger partial charge in [0.2, 0.25) is 0 Å². The quantitative estimate of drug-likeness (QED) is 0.811. The second-order valence-electron chi connectivity index (χ2n) is 6.54. The molecule has 26 heavy (non-hydrogen) atoms. The van der Waals surface area contributed by atoms with Crippen LogP contribution in [-0.4, -0.2) is 39.7 Å². The van der Waals surface area contributed by atoms with Crippen molar-refractivity contribution in [1.82, 2.24) is 4.72 Å². The highest BCUT2D eigenvalue weighted by Gasteiger charge is 2.30. The van der Waals surface area contributed by atoms with Crippen molar-refractivity contribution in [3.8, 4) is 11.5 Å². The molecular formula is C18H25NO6S. The van der Waals surface area contributed by atoms with Gasteiger partial charge in [0.15, 0.2) is 11.5 Å². The van der Waals surface area contributed by atoms with Gasteiger partial charge in [-0.05, 0) is 31.4 Å². The lowest BCUT2D eigenvalue weighted by atomic mass is 9.97. The molecule has 0 bridgehead atoms. The molecule has 1 N–H and O–H groups in total. The van der Waals surface area contributed by atoms with Gasteiger partial charge in [-0.3, -0.25) is 4.79 Å². The van der Waals surface area contributed by atoms with Crippen molar-refractivity contribution in [2.24, 2.45) is 0 Å². The van der Waals surface area contributed by atoms with Gasteiger partial charge in [0.05, 0.1) is 6.10 Å². The maximum absolute atomic E-state index is 12.7. The van der Waals surface area contributed by atoms with Crippen molar-refractivity contribution in [3.63, 3.8) is 0 Å². The van der Waals surface area contributed by atoms with Crippen molar-refractivity contribution < 1.29 is 27.4 Å². The van der Waals surface area contributed by atoms with E-state index in [2.05, 4.69) is 4.72 Å². The van der Waals surface area contributed by atoms with Crippen molar-refractivity contribution in [2.75, 3.05) is 13.2 Å². The predicted octanol–water partition coefficient (Wildman–Crippen LogP) is 2.39. The van der Waals surface area contributed by atoms with E-state index in [1.54, 1.807) is 19.1 Å². The number of ether oxygens (including phenoxy) is 3. The summed E-state index contributed by atoms with van der Waals surface area (Å²) >= 11 is 0. The smallest absolute Gasteiger partial charge is 0.267 e. The number of carbonyl (C=O) groups is 1. The summed E-state index contributed by atoms with van der Waals surface area (Å²) in [6, 6.07) is 4.59. The molecule has 1 aliphatic carbocycles. The lowest BCUT2D eigenvalue weighted by Gasteiger charge is -2.26. The van der Waals surface area contributed by atoms with E-state index in [4.69, 9.17) is 14.2 Å². The fourth-order valence-electron chi connectivity index (χ4n) is 3.29. The Kier molecular flexibility index (Phi) is 6.03. The maximum Gasteiger partial charge on any atom is 0.267 e. The third kappa shape index (κ3) is 4.29. The van der Waals surface area contributed by atoms with Crippen LogP contribution in [0.2, 0.25) is 0 Å². The number of carbonyl (C=O) groups excluding carboxylic acids is 1. The number of fused-ring (bicyclic) bond motifs is 1. The van der Waals surface area contributed by atoms with Gasteiger partial charge in [-0.25, -0.2) is 13.1 Å². The Balaban J connectivity index is 1.72. The molecular weight excluding hydrogens is 358 g/mol. The first-order valence-electron chi connectivity index (χ1n) is 9.12. The summed E-state index contributed by atoms with van der Waals surface area (Å²) in [5, 5.41) is 0. The monoisotopic (exact) mass is 383 g/mol. The summed E-state index contributed by atoms with van der Waals surface area (Å²) in [4.78, 5) is 12.4. The number of amides is 1. The standard InChI is InChI=1S/C18H25NO6S/c1-2-14(25-13-7-4-3-5-8-13)18(20)19-26(21,22)16-10-6-9-15-17(16)24-12-11-23-15/h6,9-10,13-14H,2-5,7-8,11-12H2,1H3,(H,19,20). The maximum atomic E-state index is 12.7. The summed E-state index contributed by atoms with van der Waals surface area (Å²) in [5.41, 5.74) is 0. The largest absolute Gasteiger partial charge is 0.486 e. The fraction of sp³-hybridized carbons (Fsp3) is 0.611. The molecule has 1 unspecified atom stereocenters. The van der Waals surface area contributed by atoms with Crippen LogP contribution >= 0.6 is 0 Å². The number of sulfonamides is 1. The second kappa shape index (κ2) is 8.26. The molecule has 0 radical (unpaired) electrons. The minimum atomic E-state index is -4.08. The Morgan fingerprint density at radius 2 is 1.96 bits per heavy atom. The molecule has 1 aromatic carbocycles. The minimum Gasteiger partial charge on any atom is -0.486 e. The van der Waals surface area contributed by atoms with Crippen LogP contribution in [0.15, 0.2) is 23.1 Å². The van der Waals surface area contributed by atoms with Crippen molar-refractivity contribution in [3.05, 3.63) is 18.2 Å². The Bertz CT molecular complexity index is 742. The summed E-state index contributed by atoms with van der Waals surface area (Å²) in [6.45, 7) is 2.42. The van der Waals surface area contributed by atoms with Gasteiger partial charge < -0.3 is 14.2 Å². The average molecular weight is 383 g/mol. The Hall–Kier alpha value is -1.80. The SMILES string of the molecule is CCC(OC1CCCCC1)C(=O)NS(=O)(=O)c1cccc2c1OCCO2. The average Bonchev–Trinajstić information content (AvgIpc) is 2.66. The van der Waals surface area contributed by atoms with E-state index in [9.17, 15) is 13.2 Å². The number of nitrogens with one attached hydrogen (secondary N) is 1. The molecule has 1 aliphatic heterocycles. The number of rotatable bonds is 6. The van der Waals surface area contributed by atoms with E-state index >= 15 is 0 Å². The van der Waals surface area contributed by atoms with E-state index in [1.807, 2.05) is 0 Å². The van der Waals surface area contributed by atoms with Crippen LogP contribution in [0.3, 0.4) is 0 Å². The third-order valence-corrected chi connectivity index (χ3v) is 6.00. The molecule has 2 aliphatic rings. The van der Waals surface area contributed by atoms with Crippen LogP contribution in [-0.2, 0) is 19.6 Å². The predicted molar refractivity (Wildman–Crippen MR) is 94.8 cm³/mol. The number of para-hydroxylation sites is 1. The van der Waals surface area contributed by atoms with Gasteiger partial charge in [0.25, 0.3) is 15.9 Å². The third-order valence-electron chi connectivity index (χ3n) is 4.63. The van der Waals surface area contributed by atoms with E-state index in [0.717, 1.165) is 25.7 Å². The van der Waals surface area contributed by atoms with Crippen LogP contribution < -0.4 is 14.2 Å². The van der Waals surface area contributed by atoms with Crippen molar-refractivity contribution in [2.45, 2.75) is 62.6 Å². The zero-order valence-corrected chi connectivity index (χ0v) is 15.7. The molecule has 0 aromatic heterocycles. The van der Waals surface area contributed by atoms with Crippen LogP contribution in [0.4, 0.5) is 0 Å². The van der Waals surface area contributed by atoms with Crippen LogP contribution in [0.25, 0.3) is 0 Å². The van der Waals surface area contributed by atoms with E-state index in [0.29, 0.717) is 18.8 Å². The molecule has 3 rings (SSSR count). The molecule has 1 fully saturated rings. The van der Waals surface area contributed by atoms with E-state index in [1.165, 1.54) is 12.5 Å². The molecule has 0 saturated heterocycles. The first-order chi connectivity index (χ1) is 12.5. The van der Waals surface area contributed by atoms with Crippen molar-refractivity contribution >= 4 is 15.9 Å². The molecule has 8 heteroatoms. The Morgan fingerprint density at radius 3 is 2.69 bits per heavy atom. The Labute approximate surface area is 154 Å². The highest BCUT2D eigenvalue weighted by atomic mass is 32.2. The summed E-state index contributed by atoms with van der Waals surface area (Å²) in [5.74, 6) is -0.148. The molecule has 1 aromatic rings.